The number of anilines is 1. The molecule has 1 aromatic carbocycles. The Balaban J connectivity index is 3.00. The largest absolute Gasteiger partial charge is 0.480 e. The van der Waals surface area contributed by atoms with Crippen LogP contribution in [0.4, 0.5) is 5.69 Å². The van der Waals surface area contributed by atoms with Crippen LogP contribution in [0, 0.1) is 24.2 Å². The number of hydrogen-bond acceptors (Lipinski definition) is 4. The predicted octanol–water partition coefficient (Wildman–Crippen LogP) is 3.55. The number of aryl methyl sites for hydroxylation is 1. The molecule has 0 aliphatic carbocycles. The third-order valence-corrected chi connectivity index (χ3v) is 3.96. The maximum Gasteiger partial charge on any atom is 0.326 e. The highest BCUT2D eigenvalue weighted by Gasteiger charge is 2.23. The first kappa shape index (κ1) is 21.2. The van der Waals surface area contributed by atoms with Gasteiger partial charge in [-0.05, 0) is 36.3 Å². The van der Waals surface area contributed by atoms with Crippen molar-refractivity contribution in [3.63, 3.8) is 0 Å². The van der Waals surface area contributed by atoms with Gasteiger partial charge in [-0.1, -0.05) is 45.9 Å². The molecule has 0 aliphatic rings. The van der Waals surface area contributed by atoms with Crippen molar-refractivity contribution < 1.29 is 14.7 Å². The molecule has 1 rings (SSSR count). The fraction of sp³-hybridized carbons (Fsp3) is 0.450. The summed E-state index contributed by atoms with van der Waals surface area (Å²) in [6.45, 7) is 9.81. The first-order valence-electron chi connectivity index (χ1n) is 8.67. The molecule has 0 saturated carbocycles. The van der Waals surface area contributed by atoms with Gasteiger partial charge >= 0.3 is 5.97 Å². The minimum atomic E-state index is -1.11. The molecule has 6 heteroatoms. The molecule has 0 heterocycles. The molecule has 1 atom stereocenters. The van der Waals surface area contributed by atoms with Crippen LogP contribution in [-0.4, -0.2) is 23.0 Å². The van der Waals surface area contributed by atoms with Crippen LogP contribution in [0.2, 0.25) is 0 Å². The third kappa shape index (κ3) is 5.92. The molecular formula is C20H27N3O3. The smallest absolute Gasteiger partial charge is 0.326 e. The lowest BCUT2D eigenvalue weighted by molar-refractivity contribution is -0.141. The summed E-state index contributed by atoms with van der Waals surface area (Å²) in [4.78, 5) is 23.6. The van der Waals surface area contributed by atoms with E-state index >= 15 is 0 Å². The summed E-state index contributed by atoms with van der Waals surface area (Å²) < 4.78 is 0. The fourth-order valence-corrected chi connectivity index (χ4v) is 2.59. The zero-order chi connectivity index (χ0) is 19.9. The zero-order valence-electron chi connectivity index (χ0n) is 16.0. The van der Waals surface area contributed by atoms with Crippen molar-refractivity contribution in [3.05, 3.63) is 41.1 Å². The maximum atomic E-state index is 12.3. The van der Waals surface area contributed by atoms with Gasteiger partial charge < -0.3 is 15.7 Å². The molecule has 1 unspecified atom stereocenters. The second-order valence-corrected chi connectivity index (χ2v) is 7.00. The average Bonchev–Trinajstić information content (AvgIpc) is 2.55. The number of carboxylic acid groups (broad SMARTS) is 1. The summed E-state index contributed by atoms with van der Waals surface area (Å²) in [7, 11) is 0. The lowest BCUT2D eigenvalue weighted by atomic mass is 9.98. The second-order valence-electron chi connectivity index (χ2n) is 7.00. The molecule has 26 heavy (non-hydrogen) atoms. The van der Waals surface area contributed by atoms with Gasteiger partial charge in [0.2, 0.25) is 0 Å². The summed E-state index contributed by atoms with van der Waals surface area (Å²) >= 11 is 0. The minimum Gasteiger partial charge on any atom is -0.480 e. The predicted molar refractivity (Wildman–Crippen MR) is 102 cm³/mol. The van der Waals surface area contributed by atoms with Crippen molar-refractivity contribution >= 4 is 17.6 Å². The Morgan fingerprint density at radius 2 is 1.92 bits per heavy atom. The summed E-state index contributed by atoms with van der Waals surface area (Å²) in [5.41, 5.74) is 2.74. The van der Waals surface area contributed by atoms with Crippen molar-refractivity contribution in [1.29, 1.82) is 5.26 Å². The van der Waals surface area contributed by atoms with Gasteiger partial charge in [-0.25, -0.2) is 4.79 Å². The summed E-state index contributed by atoms with van der Waals surface area (Å²) in [5, 5.41) is 24.0. The lowest BCUT2D eigenvalue weighted by Gasteiger charge is -2.17. The lowest BCUT2D eigenvalue weighted by Crippen LogP contribution is -2.42. The van der Waals surface area contributed by atoms with E-state index in [0.717, 1.165) is 16.8 Å². The number of carbonyl (C=O) groups excluding carboxylic acids is 1. The van der Waals surface area contributed by atoms with Crippen LogP contribution in [0.25, 0.3) is 0 Å². The number of carboxylic acids is 1. The number of para-hydroxylation sites is 1. The standard InChI is InChI=1S/C20H27N3O3/c1-12(2)9-17(20(25)26)23-19(24)15(10-21)11-22-18-14(5)7-6-8-16(18)13(3)4/h6-8,11-13,17,22H,9H2,1-5H3,(H,23,24)(H,25,26)/b15-11-. The number of aliphatic carboxylic acids is 1. The monoisotopic (exact) mass is 357 g/mol. The van der Waals surface area contributed by atoms with E-state index in [1.54, 1.807) is 0 Å². The van der Waals surface area contributed by atoms with E-state index in [1.165, 1.54) is 6.20 Å². The number of amides is 1. The van der Waals surface area contributed by atoms with Crippen molar-refractivity contribution in [3.8, 4) is 6.07 Å². The molecular weight excluding hydrogens is 330 g/mol. The van der Waals surface area contributed by atoms with Gasteiger partial charge in [0.05, 0.1) is 0 Å². The Kier molecular flexibility index (Phi) is 7.85. The Hall–Kier alpha value is -2.81. The Labute approximate surface area is 154 Å². The highest BCUT2D eigenvalue weighted by Crippen LogP contribution is 2.27. The molecule has 0 fully saturated rings. The van der Waals surface area contributed by atoms with Crippen LogP contribution in [0.5, 0.6) is 0 Å². The Bertz CT molecular complexity index is 730. The van der Waals surface area contributed by atoms with E-state index in [4.69, 9.17) is 0 Å². The van der Waals surface area contributed by atoms with Gasteiger partial charge in [0.25, 0.3) is 5.91 Å². The van der Waals surface area contributed by atoms with E-state index in [-0.39, 0.29) is 17.4 Å². The van der Waals surface area contributed by atoms with Gasteiger partial charge in [-0.15, -0.1) is 0 Å². The molecule has 3 N–H and O–H groups in total. The summed E-state index contributed by atoms with van der Waals surface area (Å²) in [6, 6.07) is 6.70. The normalized spacial score (nSPS) is 12.6. The van der Waals surface area contributed by atoms with Crippen molar-refractivity contribution in [2.45, 2.75) is 53.0 Å². The van der Waals surface area contributed by atoms with Crippen LogP contribution in [0.1, 0.15) is 51.2 Å². The van der Waals surface area contributed by atoms with Gasteiger partial charge in [0.1, 0.15) is 17.7 Å². The van der Waals surface area contributed by atoms with E-state index in [2.05, 4.69) is 24.5 Å². The van der Waals surface area contributed by atoms with Gasteiger partial charge in [-0.2, -0.15) is 5.26 Å². The van der Waals surface area contributed by atoms with E-state index in [1.807, 2.05) is 45.0 Å². The molecule has 0 aromatic heterocycles. The fourth-order valence-electron chi connectivity index (χ4n) is 2.59. The molecule has 0 spiro atoms. The molecule has 1 amide bonds. The number of hydrogen-bond donors (Lipinski definition) is 3. The SMILES string of the molecule is Cc1cccc(C(C)C)c1N/C=C(/C#N)C(=O)NC(CC(C)C)C(=O)O. The number of nitriles is 1. The molecule has 0 radical (unpaired) electrons. The van der Waals surface area contributed by atoms with Crippen LogP contribution in [0.15, 0.2) is 30.0 Å². The molecule has 6 nitrogen and oxygen atoms in total. The maximum absolute atomic E-state index is 12.3. The van der Waals surface area contributed by atoms with E-state index < -0.39 is 17.9 Å². The minimum absolute atomic E-state index is 0.101. The zero-order valence-corrected chi connectivity index (χ0v) is 16.0. The van der Waals surface area contributed by atoms with Crippen molar-refractivity contribution in [2.75, 3.05) is 5.32 Å². The molecule has 0 bridgehead atoms. The number of rotatable bonds is 8. The van der Waals surface area contributed by atoms with E-state index in [0.29, 0.717) is 6.42 Å². The van der Waals surface area contributed by atoms with Gasteiger partial charge in [-0.3, -0.25) is 4.79 Å². The highest BCUT2D eigenvalue weighted by molar-refractivity contribution is 5.99. The van der Waals surface area contributed by atoms with Crippen molar-refractivity contribution in [1.82, 2.24) is 5.32 Å². The van der Waals surface area contributed by atoms with Crippen LogP contribution in [0.3, 0.4) is 0 Å². The third-order valence-electron chi connectivity index (χ3n) is 3.96. The molecule has 0 saturated heterocycles. The van der Waals surface area contributed by atoms with Crippen LogP contribution >= 0.6 is 0 Å². The van der Waals surface area contributed by atoms with Crippen LogP contribution in [-0.2, 0) is 9.59 Å². The number of nitrogens with one attached hydrogen (secondary N) is 2. The molecule has 0 aliphatic heterocycles. The van der Waals surface area contributed by atoms with Gasteiger partial charge in [0, 0.05) is 11.9 Å². The Morgan fingerprint density at radius 3 is 2.42 bits per heavy atom. The quantitative estimate of drug-likeness (QED) is 0.488. The van der Waals surface area contributed by atoms with Crippen LogP contribution < -0.4 is 10.6 Å². The Morgan fingerprint density at radius 1 is 1.27 bits per heavy atom. The number of carbonyl (C=O) groups is 2. The van der Waals surface area contributed by atoms with Crippen molar-refractivity contribution in [2.24, 2.45) is 5.92 Å². The van der Waals surface area contributed by atoms with Gasteiger partial charge in [0.15, 0.2) is 0 Å². The molecule has 140 valence electrons. The summed E-state index contributed by atoms with van der Waals surface area (Å²) in [6.07, 6.45) is 1.63. The van der Waals surface area contributed by atoms with E-state index in [9.17, 15) is 20.0 Å². The first-order valence-corrected chi connectivity index (χ1v) is 8.67. The topological polar surface area (TPSA) is 102 Å². The number of benzene rings is 1. The summed E-state index contributed by atoms with van der Waals surface area (Å²) in [5.74, 6) is -1.44. The molecule has 1 aromatic rings. The first-order chi connectivity index (χ1) is 12.2. The second kappa shape index (κ2) is 9.62. The average molecular weight is 357 g/mol. The number of nitrogens with zero attached hydrogens (tertiary/aromatic N) is 1. The highest BCUT2D eigenvalue weighted by atomic mass is 16.4.